The molecule has 0 radical (unpaired) electrons. The van der Waals surface area contributed by atoms with E-state index in [2.05, 4.69) is 15.5 Å². The summed E-state index contributed by atoms with van der Waals surface area (Å²) >= 11 is 12.1. The summed E-state index contributed by atoms with van der Waals surface area (Å²) in [5, 5.41) is 4.86. The molecule has 122 valence electrons. The molecule has 0 aliphatic carbocycles. The molecule has 5 nitrogen and oxygen atoms in total. The second-order valence-electron chi connectivity index (χ2n) is 5.11. The molecular weight excluding hydrogens is 347 g/mol. The first kappa shape index (κ1) is 16.5. The number of hydrazone groups is 1. The first-order chi connectivity index (χ1) is 11.6. The van der Waals surface area contributed by atoms with E-state index in [-0.39, 0.29) is 12.3 Å². The van der Waals surface area contributed by atoms with E-state index in [0.717, 1.165) is 11.0 Å². The summed E-state index contributed by atoms with van der Waals surface area (Å²) in [5.74, 6) is -0.202. The predicted molar refractivity (Wildman–Crippen MR) is 96.5 cm³/mol. The quantitative estimate of drug-likeness (QED) is 0.554. The average molecular weight is 361 g/mol. The minimum Gasteiger partial charge on any atom is -0.330 e. The number of amides is 1. The number of fused-ring (bicyclic) bond motifs is 1. The Hall–Kier alpha value is -2.37. The first-order valence-corrected chi connectivity index (χ1v) is 8.06. The fourth-order valence-electron chi connectivity index (χ4n) is 2.27. The second-order valence-corrected chi connectivity index (χ2v) is 5.92. The number of aryl methyl sites for hydroxylation is 1. The van der Waals surface area contributed by atoms with Crippen LogP contribution in [0.15, 0.2) is 53.9 Å². The second kappa shape index (κ2) is 7.47. The molecule has 0 unspecified atom stereocenters. The average Bonchev–Trinajstić information content (AvgIpc) is 2.99. The highest BCUT2D eigenvalue weighted by Gasteiger charge is 2.05. The van der Waals surface area contributed by atoms with Gasteiger partial charge < -0.3 is 4.57 Å². The molecule has 1 heterocycles. The molecule has 0 saturated carbocycles. The minimum absolute atomic E-state index is 0.202. The lowest BCUT2D eigenvalue weighted by atomic mass is 10.2. The molecule has 0 aliphatic rings. The van der Waals surface area contributed by atoms with Crippen LogP contribution in [0, 0.1) is 0 Å². The van der Waals surface area contributed by atoms with Crippen LogP contribution in [0.3, 0.4) is 0 Å². The van der Waals surface area contributed by atoms with Crippen LogP contribution >= 0.6 is 23.2 Å². The number of para-hydroxylation sites is 2. The zero-order chi connectivity index (χ0) is 16.9. The maximum absolute atomic E-state index is 11.9. The number of halogens is 2. The summed E-state index contributed by atoms with van der Waals surface area (Å²) in [7, 11) is 0. The Morgan fingerprint density at radius 3 is 2.71 bits per heavy atom. The number of nitrogens with zero attached hydrogens (tertiary/aromatic N) is 3. The van der Waals surface area contributed by atoms with Crippen molar-refractivity contribution in [1.82, 2.24) is 15.0 Å². The van der Waals surface area contributed by atoms with Gasteiger partial charge in [-0.2, -0.15) is 5.10 Å². The fourth-order valence-corrected chi connectivity index (χ4v) is 2.76. The Morgan fingerprint density at radius 1 is 1.17 bits per heavy atom. The Labute approximate surface area is 148 Å². The number of carbonyl (C=O) groups is 1. The molecule has 0 aliphatic heterocycles. The highest BCUT2D eigenvalue weighted by atomic mass is 35.5. The summed E-state index contributed by atoms with van der Waals surface area (Å²) in [5.41, 5.74) is 4.95. The number of imidazole rings is 1. The fraction of sp³-hybridized carbons (Fsp3) is 0.118. The van der Waals surface area contributed by atoms with Crippen molar-refractivity contribution in [2.75, 3.05) is 0 Å². The lowest BCUT2D eigenvalue weighted by Crippen LogP contribution is -2.19. The molecule has 1 N–H and O–H groups in total. The van der Waals surface area contributed by atoms with Gasteiger partial charge in [0, 0.05) is 18.5 Å². The van der Waals surface area contributed by atoms with Gasteiger partial charge in [0.2, 0.25) is 5.91 Å². The van der Waals surface area contributed by atoms with Crippen LogP contribution in [0.1, 0.15) is 12.0 Å². The molecule has 3 rings (SSSR count). The van der Waals surface area contributed by atoms with Crippen molar-refractivity contribution in [3.05, 3.63) is 64.4 Å². The molecule has 1 aromatic heterocycles. The molecule has 3 aromatic rings. The van der Waals surface area contributed by atoms with Crippen molar-refractivity contribution in [2.45, 2.75) is 13.0 Å². The zero-order valence-corrected chi connectivity index (χ0v) is 14.1. The molecule has 0 fully saturated rings. The zero-order valence-electron chi connectivity index (χ0n) is 12.6. The maximum atomic E-state index is 11.9. The van der Waals surface area contributed by atoms with Crippen molar-refractivity contribution in [1.29, 1.82) is 0 Å². The lowest BCUT2D eigenvalue weighted by Gasteiger charge is -2.04. The van der Waals surface area contributed by atoms with Crippen molar-refractivity contribution >= 4 is 46.4 Å². The number of hydrogen-bond donors (Lipinski definition) is 1. The van der Waals surface area contributed by atoms with E-state index >= 15 is 0 Å². The minimum atomic E-state index is -0.202. The highest BCUT2D eigenvalue weighted by Crippen LogP contribution is 2.22. The van der Waals surface area contributed by atoms with Gasteiger partial charge in [-0.3, -0.25) is 4.79 Å². The molecule has 7 heteroatoms. The van der Waals surface area contributed by atoms with E-state index in [9.17, 15) is 4.79 Å². The Balaban J connectivity index is 1.57. The van der Waals surface area contributed by atoms with Gasteiger partial charge in [-0.15, -0.1) is 0 Å². The maximum Gasteiger partial charge on any atom is 0.241 e. The van der Waals surface area contributed by atoms with Gasteiger partial charge in [-0.25, -0.2) is 10.4 Å². The lowest BCUT2D eigenvalue weighted by molar-refractivity contribution is -0.121. The van der Waals surface area contributed by atoms with Gasteiger partial charge in [-0.05, 0) is 24.3 Å². The highest BCUT2D eigenvalue weighted by molar-refractivity contribution is 6.38. The monoisotopic (exact) mass is 360 g/mol. The molecule has 1 amide bonds. The van der Waals surface area contributed by atoms with Gasteiger partial charge in [-0.1, -0.05) is 41.4 Å². The van der Waals surface area contributed by atoms with Crippen LogP contribution in [0.2, 0.25) is 10.0 Å². The number of hydrogen-bond acceptors (Lipinski definition) is 3. The van der Waals surface area contributed by atoms with Crippen molar-refractivity contribution in [3.63, 3.8) is 0 Å². The predicted octanol–water partition coefficient (Wildman–Crippen LogP) is 3.88. The third-order valence-corrected chi connectivity index (χ3v) is 4.15. The van der Waals surface area contributed by atoms with Crippen LogP contribution in [0.5, 0.6) is 0 Å². The molecule has 0 saturated heterocycles. The molecule has 2 aromatic carbocycles. The van der Waals surface area contributed by atoms with Crippen LogP contribution in [-0.4, -0.2) is 21.7 Å². The van der Waals surface area contributed by atoms with Crippen LogP contribution in [-0.2, 0) is 11.3 Å². The van der Waals surface area contributed by atoms with E-state index in [1.54, 1.807) is 24.5 Å². The van der Waals surface area contributed by atoms with Crippen LogP contribution in [0.4, 0.5) is 0 Å². The van der Waals surface area contributed by atoms with E-state index < -0.39 is 0 Å². The smallest absolute Gasteiger partial charge is 0.241 e. The summed E-state index contributed by atoms with van der Waals surface area (Å²) in [6.07, 6.45) is 3.45. The largest absolute Gasteiger partial charge is 0.330 e. The molecular formula is C17H14Cl2N4O. The Kier molecular flexibility index (Phi) is 5.13. The van der Waals surface area contributed by atoms with Gasteiger partial charge in [0.1, 0.15) is 0 Å². The van der Waals surface area contributed by atoms with Gasteiger partial charge in [0.25, 0.3) is 0 Å². The van der Waals surface area contributed by atoms with Crippen molar-refractivity contribution in [2.24, 2.45) is 5.10 Å². The van der Waals surface area contributed by atoms with Gasteiger partial charge in [0.15, 0.2) is 0 Å². The Morgan fingerprint density at radius 2 is 1.92 bits per heavy atom. The van der Waals surface area contributed by atoms with E-state index in [4.69, 9.17) is 23.2 Å². The third-order valence-electron chi connectivity index (χ3n) is 3.49. The van der Waals surface area contributed by atoms with Crippen LogP contribution in [0.25, 0.3) is 11.0 Å². The topological polar surface area (TPSA) is 59.3 Å². The van der Waals surface area contributed by atoms with Gasteiger partial charge in [0.05, 0.1) is 33.6 Å². The number of benzene rings is 2. The summed E-state index contributed by atoms with van der Waals surface area (Å²) in [6.45, 7) is 0.523. The van der Waals surface area contributed by atoms with Crippen molar-refractivity contribution in [3.8, 4) is 0 Å². The summed E-state index contributed by atoms with van der Waals surface area (Å²) in [6, 6.07) is 12.9. The van der Waals surface area contributed by atoms with E-state index in [1.807, 2.05) is 28.8 Å². The normalized spacial score (nSPS) is 11.2. The van der Waals surface area contributed by atoms with Gasteiger partial charge >= 0.3 is 0 Å². The van der Waals surface area contributed by atoms with Crippen molar-refractivity contribution < 1.29 is 4.79 Å². The SMILES string of the molecule is O=C(CCn1cnc2ccccc21)N/N=C\c1c(Cl)cccc1Cl. The summed E-state index contributed by atoms with van der Waals surface area (Å²) < 4.78 is 1.93. The third kappa shape index (κ3) is 3.75. The molecule has 24 heavy (non-hydrogen) atoms. The van der Waals surface area contributed by atoms with Crippen LogP contribution < -0.4 is 5.43 Å². The number of aromatic nitrogens is 2. The number of carbonyl (C=O) groups excluding carboxylic acids is 1. The first-order valence-electron chi connectivity index (χ1n) is 7.31. The molecule has 0 atom stereocenters. The van der Waals surface area contributed by atoms with E-state index in [0.29, 0.717) is 22.2 Å². The Bertz CT molecular complexity index is 884. The number of nitrogens with one attached hydrogen (secondary N) is 1. The molecule has 0 spiro atoms. The standard InChI is InChI=1S/C17H14Cl2N4O/c18-13-4-3-5-14(19)12(13)10-21-22-17(24)8-9-23-11-20-15-6-1-2-7-16(15)23/h1-7,10-11H,8-9H2,(H,22,24)/b21-10-. The number of rotatable bonds is 5. The summed E-state index contributed by atoms with van der Waals surface area (Å²) in [4.78, 5) is 16.2. The molecule has 0 bridgehead atoms. The van der Waals surface area contributed by atoms with E-state index in [1.165, 1.54) is 6.21 Å².